The molecule has 1 fully saturated rings. The lowest BCUT2D eigenvalue weighted by Gasteiger charge is -2.09. The summed E-state index contributed by atoms with van der Waals surface area (Å²) in [4.78, 5) is 35.0. The van der Waals surface area contributed by atoms with Crippen LogP contribution in [0.5, 0.6) is 0 Å². The summed E-state index contributed by atoms with van der Waals surface area (Å²) in [6.07, 6.45) is 2.26. The number of carbonyl (C=O) groups is 3. The topological polar surface area (TPSA) is 132 Å². The summed E-state index contributed by atoms with van der Waals surface area (Å²) < 4.78 is 1.84. The Morgan fingerprint density at radius 1 is 1.19 bits per heavy atom. The molecule has 9 nitrogen and oxygen atoms in total. The highest BCUT2D eigenvalue weighted by molar-refractivity contribution is 7.99. The molecule has 142 valence electrons. The normalized spacial score (nSPS) is 13.2. The van der Waals surface area contributed by atoms with Gasteiger partial charge in [-0.2, -0.15) is 0 Å². The Labute approximate surface area is 160 Å². The number of rotatable bonds is 8. The van der Waals surface area contributed by atoms with E-state index in [1.807, 2.05) is 10.6 Å². The van der Waals surface area contributed by atoms with Gasteiger partial charge >= 0.3 is 6.03 Å². The van der Waals surface area contributed by atoms with Gasteiger partial charge in [0.2, 0.25) is 11.8 Å². The number of nitrogens with one attached hydrogen (secondary N) is 2. The lowest BCUT2D eigenvalue weighted by molar-refractivity contribution is -0.118. The zero-order valence-electron chi connectivity index (χ0n) is 14.6. The molecule has 0 spiro atoms. The van der Waals surface area contributed by atoms with Crippen LogP contribution >= 0.6 is 11.8 Å². The number of anilines is 1. The minimum absolute atomic E-state index is 0.00157. The van der Waals surface area contributed by atoms with Gasteiger partial charge in [0.1, 0.15) is 5.82 Å². The molecule has 0 bridgehead atoms. The zero-order chi connectivity index (χ0) is 19.2. The van der Waals surface area contributed by atoms with Crippen molar-refractivity contribution >= 4 is 35.3 Å². The van der Waals surface area contributed by atoms with E-state index in [1.54, 1.807) is 24.3 Å². The number of thioether (sulfide) groups is 1. The van der Waals surface area contributed by atoms with Crippen LogP contribution in [0.3, 0.4) is 0 Å². The quantitative estimate of drug-likeness (QED) is 0.587. The number of benzene rings is 1. The Hall–Kier alpha value is -2.88. The standard InChI is InChI=1S/C17H20N6O3S/c18-13(24)8-9-23-15(11-6-7-11)21-22-17(23)27-10-14(25)20-16(26)19-12-4-2-1-3-5-12/h1-5,11H,6-10H2,(H2,18,24)(H2,19,20,25,26). The number of amides is 4. The molecule has 0 saturated heterocycles. The van der Waals surface area contributed by atoms with Gasteiger partial charge in [-0.05, 0) is 25.0 Å². The molecule has 1 aromatic heterocycles. The molecule has 2 aromatic rings. The first-order valence-electron chi connectivity index (χ1n) is 8.53. The van der Waals surface area contributed by atoms with E-state index in [4.69, 9.17) is 5.73 Å². The van der Waals surface area contributed by atoms with E-state index in [1.165, 1.54) is 11.8 Å². The molecular weight excluding hydrogens is 368 g/mol. The SMILES string of the molecule is NC(=O)CCn1c(SCC(=O)NC(=O)Nc2ccccc2)nnc1C1CC1. The number of nitrogens with zero attached hydrogens (tertiary/aromatic N) is 3. The summed E-state index contributed by atoms with van der Waals surface area (Å²) >= 11 is 1.17. The van der Waals surface area contributed by atoms with Crippen LogP contribution in [0.4, 0.5) is 10.5 Å². The van der Waals surface area contributed by atoms with Crippen LogP contribution in [0.2, 0.25) is 0 Å². The summed E-state index contributed by atoms with van der Waals surface area (Å²) in [6.45, 7) is 0.382. The van der Waals surface area contributed by atoms with Crippen molar-refractivity contribution in [3.63, 3.8) is 0 Å². The van der Waals surface area contributed by atoms with Crippen LogP contribution in [0, 0.1) is 0 Å². The zero-order valence-corrected chi connectivity index (χ0v) is 15.4. The summed E-state index contributed by atoms with van der Waals surface area (Å²) in [5, 5.41) is 13.7. The Morgan fingerprint density at radius 3 is 2.59 bits per heavy atom. The van der Waals surface area contributed by atoms with Gasteiger partial charge in [0, 0.05) is 24.6 Å². The van der Waals surface area contributed by atoms with Crippen LogP contribution in [-0.2, 0) is 16.1 Å². The maximum atomic E-state index is 12.0. The highest BCUT2D eigenvalue weighted by Crippen LogP contribution is 2.40. The van der Waals surface area contributed by atoms with Gasteiger partial charge in [-0.1, -0.05) is 30.0 Å². The third-order valence-corrected chi connectivity index (χ3v) is 4.85. The van der Waals surface area contributed by atoms with Crippen molar-refractivity contribution < 1.29 is 14.4 Å². The van der Waals surface area contributed by atoms with Gasteiger partial charge in [-0.25, -0.2) is 4.79 Å². The fraction of sp³-hybridized carbons (Fsp3) is 0.353. The number of primary amides is 1. The van der Waals surface area contributed by atoms with E-state index < -0.39 is 17.8 Å². The lowest BCUT2D eigenvalue weighted by atomic mass is 10.3. The van der Waals surface area contributed by atoms with E-state index in [0.29, 0.717) is 23.3 Å². The second-order valence-corrected chi connectivity index (χ2v) is 7.08. The molecule has 27 heavy (non-hydrogen) atoms. The summed E-state index contributed by atoms with van der Waals surface area (Å²) in [5.41, 5.74) is 5.83. The predicted octanol–water partition coefficient (Wildman–Crippen LogP) is 1.47. The molecule has 1 saturated carbocycles. The minimum atomic E-state index is -0.597. The molecular formula is C17H20N6O3S. The average molecular weight is 388 g/mol. The highest BCUT2D eigenvalue weighted by Gasteiger charge is 2.30. The van der Waals surface area contributed by atoms with E-state index >= 15 is 0 Å². The molecule has 0 radical (unpaired) electrons. The molecule has 1 aliphatic rings. The van der Waals surface area contributed by atoms with E-state index in [2.05, 4.69) is 20.8 Å². The van der Waals surface area contributed by atoms with Gasteiger partial charge in [-0.15, -0.1) is 10.2 Å². The van der Waals surface area contributed by atoms with Gasteiger partial charge < -0.3 is 15.6 Å². The van der Waals surface area contributed by atoms with Crippen LogP contribution in [0.1, 0.15) is 31.0 Å². The van der Waals surface area contributed by atoms with Crippen LogP contribution in [-0.4, -0.2) is 38.4 Å². The van der Waals surface area contributed by atoms with Crippen molar-refractivity contribution in [3.8, 4) is 0 Å². The summed E-state index contributed by atoms with van der Waals surface area (Å²) in [7, 11) is 0. The molecule has 4 amide bonds. The Balaban J connectivity index is 1.53. The minimum Gasteiger partial charge on any atom is -0.370 e. The highest BCUT2D eigenvalue weighted by atomic mass is 32.2. The van der Waals surface area contributed by atoms with E-state index in [0.717, 1.165) is 18.7 Å². The molecule has 4 N–H and O–H groups in total. The average Bonchev–Trinajstić information content (AvgIpc) is 3.39. The Morgan fingerprint density at radius 2 is 1.93 bits per heavy atom. The molecule has 0 aliphatic heterocycles. The van der Waals surface area contributed by atoms with E-state index in [9.17, 15) is 14.4 Å². The van der Waals surface area contributed by atoms with Gasteiger partial charge in [0.25, 0.3) is 0 Å². The first kappa shape index (κ1) is 18.9. The van der Waals surface area contributed by atoms with Crippen molar-refractivity contribution in [2.75, 3.05) is 11.1 Å². The first-order chi connectivity index (χ1) is 13.0. The Kier molecular flexibility index (Phi) is 6.07. The number of aromatic nitrogens is 3. The first-order valence-corrected chi connectivity index (χ1v) is 9.51. The molecule has 0 unspecified atom stereocenters. The number of urea groups is 1. The van der Waals surface area contributed by atoms with Crippen molar-refractivity contribution in [3.05, 3.63) is 36.2 Å². The van der Waals surface area contributed by atoms with Crippen molar-refractivity contribution in [2.45, 2.75) is 36.9 Å². The molecule has 1 aliphatic carbocycles. The molecule has 1 aromatic carbocycles. The number of para-hydroxylation sites is 1. The number of hydrogen-bond donors (Lipinski definition) is 3. The summed E-state index contributed by atoms with van der Waals surface area (Å²) in [6, 6.07) is 8.24. The monoisotopic (exact) mass is 388 g/mol. The third kappa shape index (κ3) is 5.55. The maximum absolute atomic E-state index is 12.0. The van der Waals surface area contributed by atoms with Crippen molar-refractivity contribution in [1.29, 1.82) is 0 Å². The van der Waals surface area contributed by atoms with Crippen LogP contribution < -0.4 is 16.4 Å². The largest absolute Gasteiger partial charge is 0.370 e. The third-order valence-electron chi connectivity index (χ3n) is 3.89. The van der Waals surface area contributed by atoms with Gasteiger partial charge in [0.15, 0.2) is 5.16 Å². The van der Waals surface area contributed by atoms with Crippen LogP contribution in [0.15, 0.2) is 35.5 Å². The van der Waals surface area contributed by atoms with Crippen LogP contribution in [0.25, 0.3) is 0 Å². The van der Waals surface area contributed by atoms with E-state index in [-0.39, 0.29) is 12.2 Å². The molecule has 3 rings (SSSR count). The van der Waals surface area contributed by atoms with Crippen molar-refractivity contribution in [2.24, 2.45) is 5.73 Å². The number of hydrogen-bond acceptors (Lipinski definition) is 6. The molecule has 0 atom stereocenters. The molecule has 1 heterocycles. The smallest absolute Gasteiger partial charge is 0.325 e. The number of imide groups is 1. The fourth-order valence-electron chi connectivity index (χ4n) is 2.46. The number of nitrogens with two attached hydrogens (primary N) is 1. The lowest BCUT2D eigenvalue weighted by Crippen LogP contribution is -2.35. The molecule has 10 heteroatoms. The number of carbonyl (C=O) groups excluding carboxylic acids is 3. The second-order valence-electron chi connectivity index (χ2n) is 6.14. The maximum Gasteiger partial charge on any atom is 0.325 e. The summed E-state index contributed by atoms with van der Waals surface area (Å²) in [5.74, 6) is 0.315. The Bertz CT molecular complexity index is 834. The van der Waals surface area contributed by atoms with Gasteiger partial charge in [-0.3, -0.25) is 14.9 Å². The fourth-order valence-corrected chi connectivity index (χ4v) is 3.23. The second kappa shape index (κ2) is 8.67. The van der Waals surface area contributed by atoms with Crippen molar-refractivity contribution in [1.82, 2.24) is 20.1 Å². The van der Waals surface area contributed by atoms with Gasteiger partial charge in [0.05, 0.1) is 5.75 Å². The predicted molar refractivity (Wildman–Crippen MR) is 100 cm³/mol.